The molecule has 2 aliphatic rings. The van der Waals surface area contributed by atoms with Crippen LogP contribution in [0.1, 0.15) is 42.4 Å². The summed E-state index contributed by atoms with van der Waals surface area (Å²) in [7, 11) is 0. The van der Waals surface area contributed by atoms with Gasteiger partial charge in [0.25, 0.3) is 0 Å². The van der Waals surface area contributed by atoms with Crippen LogP contribution in [0.3, 0.4) is 0 Å². The standard InChI is InChI=1S/C17H26N2/c1-11-3-4-12(2)15(7-11)10-17(19-18)16-9-13-5-6-14(16)8-13/h3-4,7,13-14,16-17,19H,5-6,8-10,18H2,1-2H3. The van der Waals surface area contributed by atoms with E-state index >= 15 is 0 Å². The second kappa shape index (κ2) is 5.26. The van der Waals surface area contributed by atoms with Gasteiger partial charge in [-0.15, -0.1) is 0 Å². The Balaban J connectivity index is 1.74. The first-order valence-corrected chi connectivity index (χ1v) is 7.69. The van der Waals surface area contributed by atoms with Crippen molar-refractivity contribution in [2.45, 2.75) is 52.0 Å². The van der Waals surface area contributed by atoms with Crippen LogP contribution >= 0.6 is 0 Å². The third kappa shape index (κ3) is 2.56. The van der Waals surface area contributed by atoms with Gasteiger partial charge in [0, 0.05) is 6.04 Å². The van der Waals surface area contributed by atoms with E-state index in [2.05, 4.69) is 37.5 Å². The second-order valence-corrected chi connectivity index (χ2v) is 6.75. The van der Waals surface area contributed by atoms with E-state index in [1.54, 1.807) is 0 Å². The van der Waals surface area contributed by atoms with Gasteiger partial charge in [-0.1, -0.05) is 30.2 Å². The lowest BCUT2D eigenvalue weighted by atomic mass is 9.80. The minimum atomic E-state index is 0.454. The molecule has 0 spiro atoms. The Morgan fingerprint density at radius 2 is 2.11 bits per heavy atom. The largest absolute Gasteiger partial charge is 0.271 e. The second-order valence-electron chi connectivity index (χ2n) is 6.75. The molecule has 2 aliphatic carbocycles. The molecule has 1 aromatic carbocycles. The molecule has 0 amide bonds. The zero-order chi connectivity index (χ0) is 13.4. The summed E-state index contributed by atoms with van der Waals surface area (Å²) in [6.07, 6.45) is 6.82. The third-order valence-electron chi connectivity index (χ3n) is 5.47. The lowest BCUT2D eigenvalue weighted by Crippen LogP contribution is -2.44. The first-order chi connectivity index (χ1) is 9.17. The topological polar surface area (TPSA) is 38.0 Å². The molecule has 0 aliphatic heterocycles. The van der Waals surface area contributed by atoms with Gasteiger partial charge in [-0.05, 0) is 68.4 Å². The maximum Gasteiger partial charge on any atom is 0.0281 e. The highest BCUT2D eigenvalue weighted by atomic mass is 15.2. The van der Waals surface area contributed by atoms with Crippen LogP contribution in [0, 0.1) is 31.6 Å². The molecule has 104 valence electrons. The zero-order valence-corrected chi connectivity index (χ0v) is 12.2. The minimum absolute atomic E-state index is 0.454. The van der Waals surface area contributed by atoms with Crippen molar-refractivity contribution in [1.82, 2.24) is 5.43 Å². The Labute approximate surface area is 116 Å². The van der Waals surface area contributed by atoms with Crippen molar-refractivity contribution in [1.29, 1.82) is 0 Å². The number of hydrogen-bond donors (Lipinski definition) is 2. The number of fused-ring (bicyclic) bond motifs is 2. The quantitative estimate of drug-likeness (QED) is 0.643. The smallest absolute Gasteiger partial charge is 0.0281 e. The molecule has 19 heavy (non-hydrogen) atoms. The van der Waals surface area contributed by atoms with Crippen LogP contribution in [-0.2, 0) is 6.42 Å². The molecule has 2 heteroatoms. The van der Waals surface area contributed by atoms with E-state index in [9.17, 15) is 0 Å². The summed E-state index contributed by atoms with van der Waals surface area (Å²) in [6, 6.07) is 7.21. The van der Waals surface area contributed by atoms with E-state index in [0.717, 1.165) is 24.2 Å². The Kier molecular flexibility index (Phi) is 3.64. The van der Waals surface area contributed by atoms with Crippen LogP contribution in [-0.4, -0.2) is 6.04 Å². The predicted molar refractivity (Wildman–Crippen MR) is 79.7 cm³/mol. The van der Waals surface area contributed by atoms with Gasteiger partial charge in [-0.3, -0.25) is 11.3 Å². The number of nitrogens with one attached hydrogen (secondary N) is 1. The molecule has 2 nitrogen and oxygen atoms in total. The van der Waals surface area contributed by atoms with Crippen LogP contribution in [0.25, 0.3) is 0 Å². The molecule has 2 saturated carbocycles. The summed E-state index contributed by atoms with van der Waals surface area (Å²) >= 11 is 0. The summed E-state index contributed by atoms with van der Waals surface area (Å²) in [6.45, 7) is 4.38. The number of rotatable bonds is 4. The fourth-order valence-electron chi connectivity index (χ4n) is 4.38. The summed E-state index contributed by atoms with van der Waals surface area (Å²) in [5.74, 6) is 8.58. The fourth-order valence-corrected chi connectivity index (χ4v) is 4.38. The molecule has 0 radical (unpaired) electrons. The van der Waals surface area contributed by atoms with Crippen LogP contribution in [0.4, 0.5) is 0 Å². The molecular formula is C17H26N2. The zero-order valence-electron chi connectivity index (χ0n) is 12.2. The molecule has 3 rings (SSSR count). The van der Waals surface area contributed by atoms with Crippen molar-refractivity contribution in [3.8, 4) is 0 Å². The van der Waals surface area contributed by atoms with Gasteiger partial charge < -0.3 is 0 Å². The van der Waals surface area contributed by atoms with E-state index in [1.807, 2.05) is 0 Å². The SMILES string of the molecule is Cc1ccc(C)c(CC(NN)C2CC3CCC2C3)c1. The fraction of sp³-hybridized carbons (Fsp3) is 0.647. The molecule has 1 aromatic rings. The molecule has 0 saturated heterocycles. The van der Waals surface area contributed by atoms with Crippen molar-refractivity contribution >= 4 is 0 Å². The molecule has 3 N–H and O–H groups in total. The van der Waals surface area contributed by atoms with Crippen molar-refractivity contribution < 1.29 is 0 Å². The van der Waals surface area contributed by atoms with Gasteiger partial charge >= 0.3 is 0 Å². The van der Waals surface area contributed by atoms with E-state index in [1.165, 1.54) is 42.4 Å². The molecule has 2 bridgehead atoms. The average Bonchev–Trinajstić information content (AvgIpc) is 3.02. The number of hydrazine groups is 1. The summed E-state index contributed by atoms with van der Waals surface area (Å²) in [5.41, 5.74) is 7.34. The summed E-state index contributed by atoms with van der Waals surface area (Å²) < 4.78 is 0. The van der Waals surface area contributed by atoms with Crippen molar-refractivity contribution in [2.24, 2.45) is 23.6 Å². The predicted octanol–water partition coefficient (Wildman–Crippen LogP) is 3.11. The van der Waals surface area contributed by atoms with Gasteiger partial charge in [0.1, 0.15) is 0 Å². The third-order valence-corrected chi connectivity index (χ3v) is 5.47. The minimum Gasteiger partial charge on any atom is -0.271 e. The van der Waals surface area contributed by atoms with Crippen molar-refractivity contribution in [3.63, 3.8) is 0 Å². The molecular weight excluding hydrogens is 232 g/mol. The molecule has 0 heterocycles. The molecule has 2 fully saturated rings. The van der Waals surface area contributed by atoms with Crippen molar-refractivity contribution in [3.05, 3.63) is 34.9 Å². The van der Waals surface area contributed by atoms with Crippen LogP contribution in [0.2, 0.25) is 0 Å². The first kappa shape index (κ1) is 13.1. The van der Waals surface area contributed by atoms with Crippen LogP contribution in [0.5, 0.6) is 0 Å². The maximum atomic E-state index is 5.87. The first-order valence-electron chi connectivity index (χ1n) is 7.69. The van der Waals surface area contributed by atoms with Gasteiger partial charge in [0.15, 0.2) is 0 Å². The Bertz CT molecular complexity index is 455. The van der Waals surface area contributed by atoms with Crippen LogP contribution in [0.15, 0.2) is 18.2 Å². The molecule has 0 aromatic heterocycles. The highest BCUT2D eigenvalue weighted by Gasteiger charge is 2.42. The van der Waals surface area contributed by atoms with Gasteiger partial charge in [0.05, 0.1) is 0 Å². The number of benzene rings is 1. The van der Waals surface area contributed by atoms with E-state index in [-0.39, 0.29) is 0 Å². The van der Waals surface area contributed by atoms with Gasteiger partial charge in [0.2, 0.25) is 0 Å². The highest BCUT2D eigenvalue weighted by molar-refractivity contribution is 5.31. The summed E-state index contributed by atoms with van der Waals surface area (Å²) in [4.78, 5) is 0. The number of hydrogen-bond acceptors (Lipinski definition) is 2. The number of nitrogens with two attached hydrogens (primary N) is 1. The van der Waals surface area contributed by atoms with Gasteiger partial charge in [-0.25, -0.2) is 0 Å². The highest BCUT2D eigenvalue weighted by Crippen LogP contribution is 2.49. The lowest BCUT2D eigenvalue weighted by molar-refractivity contribution is 0.248. The Morgan fingerprint density at radius 1 is 1.26 bits per heavy atom. The molecule has 4 unspecified atom stereocenters. The Morgan fingerprint density at radius 3 is 2.74 bits per heavy atom. The lowest BCUT2D eigenvalue weighted by Gasteiger charge is -2.30. The van der Waals surface area contributed by atoms with Crippen molar-refractivity contribution in [2.75, 3.05) is 0 Å². The average molecular weight is 258 g/mol. The van der Waals surface area contributed by atoms with Crippen LogP contribution < -0.4 is 11.3 Å². The van der Waals surface area contributed by atoms with E-state index < -0.39 is 0 Å². The van der Waals surface area contributed by atoms with E-state index in [0.29, 0.717) is 6.04 Å². The van der Waals surface area contributed by atoms with Gasteiger partial charge in [-0.2, -0.15) is 0 Å². The van der Waals surface area contributed by atoms with E-state index in [4.69, 9.17) is 5.84 Å². The normalized spacial score (nSPS) is 30.8. The monoisotopic (exact) mass is 258 g/mol. The maximum absolute atomic E-state index is 5.87. The summed E-state index contributed by atoms with van der Waals surface area (Å²) in [5, 5.41) is 0. The number of aryl methyl sites for hydroxylation is 2. The Hall–Kier alpha value is -0.860. The molecule has 4 atom stereocenters.